The van der Waals surface area contributed by atoms with E-state index in [1.807, 2.05) is 24.3 Å². The third kappa shape index (κ3) is 2.22. The summed E-state index contributed by atoms with van der Waals surface area (Å²) >= 11 is 1.79. The van der Waals surface area contributed by atoms with Crippen LogP contribution in [0.4, 0.5) is 5.69 Å². The number of amides is 1. The Balaban J connectivity index is 1.59. The standard InChI is InChI=1S/C15H15N3OS/c19-14(10-4-5-10)16-12-3-1-2-11(8-12)13-9-18-6-7-20-15(18)17-13/h1-3,8-10H,4-7H2,(H,16,19). The molecule has 2 aliphatic rings. The number of hydrogen-bond acceptors (Lipinski definition) is 3. The molecule has 1 saturated carbocycles. The van der Waals surface area contributed by atoms with Gasteiger partial charge in [-0.05, 0) is 25.0 Å². The summed E-state index contributed by atoms with van der Waals surface area (Å²) < 4.78 is 2.19. The number of imidazole rings is 1. The van der Waals surface area contributed by atoms with Crippen molar-refractivity contribution in [3.8, 4) is 11.3 Å². The van der Waals surface area contributed by atoms with Gasteiger partial charge >= 0.3 is 0 Å². The third-order valence-electron chi connectivity index (χ3n) is 3.68. The van der Waals surface area contributed by atoms with E-state index in [9.17, 15) is 4.79 Å². The molecule has 102 valence electrons. The summed E-state index contributed by atoms with van der Waals surface area (Å²) in [6, 6.07) is 7.94. The van der Waals surface area contributed by atoms with Crippen molar-refractivity contribution in [3.05, 3.63) is 30.5 Å². The Morgan fingerprint density at radius 1 is 1.40 bits per heavy atom. The predicted molar refractivity (Wildman–Crippen MR) is 79.7 cm³/mol. The number of rotatable bonds is 3. The van der Waals surface area contributed by atoms with Gasteiger partial charge in [0.05, 0.1) is 5.69 Å². The summed E-state index contributed by atoms with van der Waals surface area (Å²) in [6.07, 6.45) is 4.14. The number of carbonyl (C=O) groups excluding carboxylic acids is 1. The molecule has 5 heteroatoms. The zero-order chi connectivity index (χ0) is 13.5. The van der Waals surface area contributed by atoms with Crippen LogP contribution in [0.5, 0.6) is 0 Å². The second-order valence-corrected chi connectivity index (χ2v) is 6.36. The quantitative estimate of drug-likeness (QED) is 0.943. The second-order valence-electron chi connectivity index (χ2n) is 5.29. The van der Waals surface area contributed by atoms with Crippen LogP contribution in [0.2, 0.25) is 0 Å². The fourth-order valence-electron chi connectivity index (χ4n) is 2.39. The molecule has 1 fully saturated rings. The molecule has 4 rings (SSSR count). The Labute approximate surface area is 121 Å². The molecule has 0 saturated heterocycles. The van der Waals surface area contributed by atoms with E-state index in [2.05, 4.69) is 21.1 Å². The lowest BCUT2D eigenvalue weighted by Gasteiger charge is -2.05. The summed E-state index contributed by atoms with van der Waals surface area (Å²) in [4.78, 5) is 16.4. The van der Waals surface area contributed by atoms with E-state index >= 15 is 0 Å². The van der Waals surface area contributed by atoms with Crippen LogP contribution < -0.4 is 5.32 Å². The van der Waals surface area contributed by atoms with Crippen molar-refractivity contribution < 1.29 is 4.79 Å². The maximum atomic E-state index is 11.8. The van der Waals surface area contributed by atoms with Gasteiger partial charge in [0, 0.05) is 35.7 Å². The average Bonchev–Trinajstić information content (AvgIpc) is 3.08. The molecule has 2 heterocycles. The number of nitrogens with one attached hydrogen (secondary N) is 1. The van der Waals surface area contributed by atoms with Gasteiger partial charge in [0.15, 0.2) is 5.16 Å². The molecule has 0 atom stereocenters. The van der Waals surface area contributed by atoms with Gasteiger partial charge in [-0.15, -0.1) is 0 Å². The number of nitrogens with zero attached hydrogens (tertiary/aromatic N) is 2. The highest BCUT2D eigenvalue weighted by molar-refractivity contribution is 7.99. The van der Waals surface area contributed by atoms with Crippen LogP contribution in [-0.4, -0.2) is 21.2 Å². The lowest BCUT2D eigenvalue weighted by atomic mass is 10.1. The lowest BCUT2D eigenvalue weighted by Crippen LogP contribution is -2.13. The molecule has 0 spiro atoms. The van der Waals surface area contributed by atoms with E-state index in [1.54, 1.807) is 11.8 Å². The Morgan fingerprint density at radius 2 is 2.30 bits per heavy atom. The minimum Gasteiger partial charge on any atom is -0.326 e. The van der Waals surface area contributed by atoms with Gasteiger partial charge in [0.2, 0.25) is 5.91 Å². The van der Waals surface area contributed by atoms with E-state index < -0.39 is 0 Å². The molecular weight excluding hydrogens is 270 g/mol. The van der Waals surface area contributed by atoms with Crippen LogP contribution in [-0.2, 0) is 11.3 Å². The highest BCUT2D eigenvalue weighted by Crippen LogP contribution is 2.32. The molecular formula is C15H15N3OS. The molecule has 20 heavy (non-hydrogen) atoms. The van der Waals surface area contributed by atoms with Gasteiger partial charge in [0.1, 0.15) is 0 Å². The summed E-state index contributed by atoms with van der Waals surface area (Å²) in [5.74, 6) is 1.48. The number of aryl methyl sites for hydroxylation is 1. The van der Waals surface area contributed by atoms with E-state index in [-0.39, 0.29) is 11.8 Å². The smallest absolute Gasteiger partial charge is 0.227 e. The van der Waals surface area contributed by atoms with E-state index in [4.69, 9.17) is 0 Å². The van der Waals surface area contributed by atoms with Crippen molar-refractivity contribution in [2.24, 2.45) is 5.92 Å². The fourth-order valence-corrected chi connectivity index (χ4v) is 3.34. The van der Waals surface area contributed by atoms with E-state index in [1.165, 1.54) is 0 Å². The molecule has 1 aliphatic carbocycles. The average molecular weight is 285 g/mol. The fraction of sp³-hybridized carbons (Fsp3) is 0.333. The third-order valence-corrected chi connectivity index (χ3v) is 4.65. The molecule has 2 aromatic rings. The largest absolute Gasteiger partial charge is 0.326 e. The van der Waals surface area contributed by atoms with Crippen molar-refractivity contribution >= 4 is 23.4 Å². The Kier molecular flexibility index (Phi) is 2.80. The van der Waals surface area contributed by atoms with Crippen molar-refractivity contribution in [1.82, 2.24) is 9.55 Å². The predicted octanol–water partition coefficient (Wildman–Crippen LogP) is 3.00. The maximum absolute atomic E-state index is 11.8. The highest BCUT2D eigenvalue weighted by atomic mass is 32.2. The van der Waals surface area contributed by atoms with Crippen molar-refractivity contribution in [2.75, 3.05) is 11.1 Å². The van der Waals surface area contributed by atoms with Gasteiger partial charge in [-0.1, -0.05) is 23.9 Å². The molecule has 1 N–H and O–H groups in total. The normalized spacial score (nSPS) is 17.0. The number of hydrogen-bond donors (Lipinski definition) is 1. The minimum absolute atomic E-state index is 0.144. The van der Waals surface area contributed by atoms with Gasteiger partial charge < -0.3 is 9.88 Å². The molecule has 0 bridgehead atoms. The summed E-state index contributed by atoms with van der Waals surface area (Å²) in [6.45, 7) is 1.03. The topological polar surface area (TPSA) is 46.9 Å². The first kappa shape index (κ1) is 12.0. The van der Waals surface area contributed by atoms with Crippen LogP contribution >= 0.6 is 11.8 Å². The maximum Gasteiger partial charge on any atom is 0.227 e. The first-order valence-electron chi connectivity index (χ1n) is 6.91. The summed E-state index contributed by atoms with van der Waals surface area (Å²) in [5, 5.41) is 4.07. The highest BCUT2D eigenvalue weighted by Gasteiger charge is 2.29. The van der Waals surface area contributed by atoms with Crippen LogP contribution in [0.25, 0.3) is 11.3 Å². The van der Waals surface area contributed by atoms with Crippen LogP contribution in [0.15, 0.2) is 35.6 Å². The molecule has 1 aromatic carbocycles. The number of benzene rings is 1. The Bertz CT molecular complexity index is 654. The number of thioether (sulfide) groups is 1. The van der Waals surface area contributed by atoms with Crippen LogP contribution in [0.3, 0.4) is 0 Å². The minimum atomic E-state index is 0.144. The van der Waals surface area contributed by atoms with Gasteiger partial charge in [-0.3, -0.25) is 4.79 Å². The van der Waals surface area contributed by atoms with Gasteiger partial charge in [-0.25, -0.2) is 4.98 Å². The zero-order valence-corrected chi connectivity index (χ0v) is 11.8. The summed E-state index contributed by atoms with van der Waals surface area (Å²) in [5.41, 5.74) is 2.90. The van der Waals surface area contributed by atoms with Crippen LogP contribution in [0, 0.1) is 5.92 Å². The summed E-state index contributed by atoms with van der Waals surface area (Å²) in [7, 11) is 0. The SMILES string of the molecule is O=C(Nc1cccc(-c2cn3c(n2)SCC3)c1)C1CC1. The number of carbonyl (C=O) groups is 1. The molecule has 1 aromatic heterocycles. The second kappa shape index (κ2) is 4.66. The van der Waals surface area contributed by atoms with Gasteiger partial charge in [-0.2, -0.15) is 0 Å². The first-order valence-corrected chi connectivity index (χ1v) is 7.89. The number of aromatic nitrogens is 2. The van der Waals surface area contributed by atoms with Crippen LogP contribution in [0.1, 0.15) is 12.8 Å². The zero-order valence-electron chi connectivity index (χ0n) is 11.0. The molecule has 0 radical (unpaired) electrons. The van der Waals surface area contributed by atoms with E-state index in [0.29, 0.717) is 0 Å². The lowest BCUT2D eigenvalue weighted by molar-refractivity contribution is -0.117. The first-order chi connectivity index (χ1) is 9.79. The van der Waals surface area contributed by atoms with Crippen molar-refractivity contribution in [2.45, 2.75) is 24.5 Å². The molecule has 0 unspecified atom stereocenters. The number of anilines is 1. The Hall–Kier alpha value is -1.75. The molecule has 1 aliphatic heterocycles. The Morgan fingerprint density at radius 3 is 3.10 bits per heavy atom. The molecule has 4 nitrogen and oxygen atoms in total. The van der Waals surface area contributed by atoms with Crippen molar-refractivity contribution in [3.63, 3.8) is 0 Å². The van der Waals surface area contributed by atoms with Crippen molar-refractivity contribution in [1.29, 1.82) is 0 Å². The monoisotopic (exact) mass is 285 g/mol. The molecule has 1 amide bonds. The van der Waals surface area contributed by atoms with E-state index in [0.717, 1.165) is 47.2 Å². The number of fused-ring (bicyclic) bond motifs is 1. The van der Waals surface area contributed by atoms with Gasteiger partial charge in [0.25, 0.3) is 0 Å².